The number of unbranched alkanes of at least 4 members (excludes halogenated alkanes) is 22. The SMILES string of the molecule is CCCCCCCCCOC(=O)CCCCCCCN(CCCCCC(=O)OC(CCCCCCCC)CCCCCCCC)Cc1ccc(OC)cc1. The van der Waals surface area contributed by atoms with E-state index in [1.54, 1.807) is 7.11 Å². The van der Waals surface area contributed by atoms with Crippen LogP contribution in [0.15, 0.2) is 24.3 Å². The van der Waals surface area contributed by atoms with Gasteiger partial charge in [-0.2, -0.15) is 0 Å². The van der Waals surface area contributed by atoms with Crippen molar-refractivity contribution in [2.75, 3.05) is 26.8 Å². The van der Waals surface area contributed by atoms with Gasteiger partial charge in [0.25, 0.3) is 0 Å². The Morgan fingerprint density at radius 3 is 1.46 bits per heavy atom. The molecule has 0 aliphatic rings. The molecule has 0 heterocycles. The lowest BCUT2D eigenvalue weighted by Gasteiger charge is -2.23. The van der Waals surface area contributed by atoms with Crippen LogP contribution in [0.3, 0.4) is 0 Å². The van der Waals surface area contributed by atoms with E-state index in [2.05, 4.69) is 37.8 Å². The standard InChI is InChI=1S/C48H87NO5/c1-5-8-11-14-17-23-31-42-53-47(50)34-27-21-18-22-29-40-49(43-44-36-38-45(52-4)39-37-44)41-30-24-28-35-48(51)54-46(32-25-19-15-12-9-6-2)33-26-20-16-13-10-7-3/h36-39,46H,5-35,40-43H2,1-4H3. The number of carbonyl (C=O) groups is 2. The zero-order valence-electron chi connectivity index (χ0n) is 36.1. The van der Waals surface area contributed by atoms with Crippen LogP contribution in [0.25, 0.3) is 0 Å². The molecule has 0 radical (unpaired) electrons. The Morgan fingerprint density at radius 2 is 0.944 bits per heavy atom. The first-order chi connectivity index (χ1) is 26.5. The van der Waals surface area contributed by atoms with Crippen LogP contribution in [-0.4, -0.2) is 49.7 Å². The lowest BCUT2D eigenvalue weighted by Crippen LogP contribution is -2.25. The molecule has 6 nitrogen and oxygen atoms in total. The minimum Gasteiger partial charge on any atom is -0.497 e. The number of ether oxygens (including phenoxy) is 3. The number of benzene rings is 1. The predicted molar refractivity (Wildman–Crippen MR) is 229 cm³/mol. The number of nitrogens with zero attached hydrogens (tertiary/aromatic N) is 1. The molecule has 0 N–H and O–H groups in total. The Balaban J connectivity index is 2.37. The highest BCUT2D eigenvalue weighted by Crippen LogP contribution is 2.19. The number of esters is 2. The first kappa shape index (κ1) is 49.9. The summed E-state index contributed by atoms with van der Waals surface area (Å²) in [5.74, 6) is 0.870. The fourth-order valence-corrected chi connectivity index (χ4v) is 7.30. The van der Waals surface area contributed by atoms with Crippen molar-refractivity contribution in [2.24, 2.45) is 0 Å². The number of hydrogen-bond acceptors (Lipinski definition) is 6. The van der Waals surface area contributed by atoms with E-state index in [0.717, 1.165) is 89.6 Å². The summed E-state index contributed by atoms with van der Waals surface area (Å²) in [6.07, 6.45) is 35.8. The molecule has 0 aliphatic heterocycles. The average Bonchev–Trinajstić information content (AvgIpc) is 3.18. The van der Waals surface area contributed by atoms with Gasteiger partial charge in [-0.1, -0.05) is 161 Å². The van der Waals surface area contributed by atoms with Crippen molar-refractivity contribution in [2.45, 2.75) is 232 Å². The van der Waals surface area contributed by atoms with Gasteiger partial charge in [0.05, 0.1) is 13.7 Å². The summed E-state index contributed by atoms with van der Waals surface area (Å²) >= 11 is 0. The van der Waals surface area contributed by atoms with Crippen molar-refractivity contribution in [1.29, 1.82) is 0 Å². The first-order valence-electron chi connectivity index (χ1n) is 23.2. The monoisotopic (exact) mass is 758 g/mol. The van der Waals surface area contributed by atoms with Gasteiger partial charge in [0, 0.05) is 19.4 Å². The van der Waals surface area contributed by atoms with Gasteiger partial charge in [0.15, 0.2) is 0 Å². The van der Waals surface area contributed by atoms with Gasteiger partial charge in [-0.15, -0.1) is 0 Å². The molecule has 1 aromatic rings. The molecular formula is C48H87NO5. The van der Waals surface area contributed by atoms with E-state index in [1.807, 2.05) is 12.1 Å². The molecule has 0 aromatic heterocycles. The van der Waals surface area contributed by atoms with Gasteiger partial charge in [0.2, 0.25) is 0 Å². The largest absolute Gasteiger partial charge is 0.497 e. The van der Waals surface area contributed by atoms with E-state index in [1.165, 1.54) is 128 Å². The Morgan fingerprint density at radius 1 is 0.519 bits per heavy atom. The van der Waals surface area contributed by atoms with E-state index in [9.17, 15) is 9.59 Å². The zero-order chi connectivity index (χ0) is 39.2. The van der Waals surface area contributed by atoms with E-state index in [-0.39, 0.29) is 18.0 Å². The predicted octanol–water partition coefficient (Wildman–Crippen LogP) is 14.1. The van der Waals surface area contributed by atoms with E-state index in [4.69, 9.17) is 14.2 Å². The minimum atomic E-state index is -0.0268. The summed E-state index contributed by atoms with van der Waals surface area (Å²) < 4.78 is 16.9. The average molecular weight is 758 g/mol. The van der Waals surface area contributed by atoms with Crippen LogP contribution in [0, 0.1) is 0 Å². The van der Waals surface area contributed by atoms with Crippen LogP contribution in [-0.2, 0) is 25.6 Å². The molecule has 0 fully saturated rings. The summed E-state index contributed by atoms with van der Waals surface area (Å²) in [7, 11) is 1.71. The van der Waals surface area contributed by atoms with Crippen LogP contribution in [0.1, 0.15) is 225 Å². The Hall–Kier alpha value is -2.08. The second-order valence-electron chi connectivity index (χ2n) is 16.0. The summed E-state index contributed by atoms with van der Waals surface area (Å²) in [4.78, 5) is 27.6. The van der Waals surface area contributed by atoms with Crippen LogP contribution in [0.2, 0.25) is 0 Å². The summed E-state index contributed by atoms with van der Waals surface area (Å²) in [5, 5.41) is 0. The van der Waals surface area contributed by atoms with Gasteiger partial charge in [-0.05, 0) is 88.6 Å². The van der Waals surface area contributed by atoms with Crippen LogP contribution < -0.4 is 4.74 Å². The van der Waals surface area contributed by atoms with Gasteiger partial charge >= 0.3 is 11.9 Å². The molecule has 0 saturated heterocycles. The third-order valence-electron chi connectivity index (χ3n) is 10.8. The Bertz CT molecular complexity index is 950. The van der Waals surface area contributed by atoms with Crippen molar-refractivity contribution in [3.8, 4) is 5.75 Å². The van der Waals surface area contributed by atoms with E-state index >= 15 is 0 Å². The molecule has 0 atom stereocenters. The van der Waals surface area contributed by atoms with Crippen LogP contribution in [0.4, 0.5) is 0 Å². The number of carbonyl (C=O) groups excluding carboxylic acids is 2. The molecule has 0 bridgehead atoms. The lowest BCUT2D eigenvalue weighted by molar-refractivity contribution is -0.150. The molecule has 0 saturated carbocycles. The summed E-state index contributed by atoms with van der Waals surface area (Å²) in [6.45, 7) is 10.4. The maximum atomic E-state index is 12.9. The fourth-order valence-electron chi connectivity index (χ4n) is 7.30. The molecule has 1 aromatic carbocycles. The normalized spacial score (nSPS) is 11.4. The highest BCUT2D eigenvalue weighted by Gasteiger charge is 2.15. The van der Waals surface area contributed by atoms with Crippen molar-refractivity contribution in [1.82, 2.24) is 4.90 Å². The second kappa shape index (κ2) is 37.8. The first-order valence-corrected chi connectivity index (χ1v) is 23.2. The quantitative estimate of drug-likeness (QED) is 0.0491. The molecular weight excluding hydrogens is 671 g/mol. The lowest BCUT2D eigenvalue weighted by atomic mass is 10.0. The van der Waals surface area contributed by atoms with Gasteiger partial charge < -0.3 is 14.2 Å². The molecule has 0 unspecified atom stereocenters. The molecule has 0 spiro atoms. The minimum absolute atomic E-state index is 0.00786. The number of methoxy groups -OCH3 is 1. The van der Waals surface area contributed by atoms with Gasteiger partial charge in [0.1, 0.15) is 11.9 Å². The van der Waals surface area contributed by atoms with Crippen molar-refractivity contribution in [3.63, 3.8) is 0 Å². The van der Waals surface area contributed by atoms with Crippen molar-refractivity contribution < 1.29 is 23.8 Å². The van der Waals surface area contributed by atoms with Crippen LogP contribution in [0.5, 0.6) is 5.75 Å². The third kappa shape index (κ3) is 31.2. The molecule has 0 amide bonds. The van der Waals surface area contributed by atoms with E-state index < -0.39 is 0 Å². The number of hydrogen-bond donors (Lipinski definition) is 0. The maximum absolute atomic E-state index is 12.9. The maximum Gasteiger partial charge on any atom is 0.306 e. The molecule has 1 rings (SSSR count). The molecule has 0 aliphatic carbocycles. The second-order valence-corrected chi connectivity index (χ2v) is 16.0. The van der Waals surface area contributed by atoms with Gasteiger partial charge in [-0.3, -0.25) is 14.5 Å². The Labute approximate surface area is 334 Å². The zero-order valence-corrected chi connectivity index (χ0v) is 36.1. The highest BCUT2D eigenvalue weighted by molar-refractivity contribution is 5.69. The van der Waals surface area contributed by atoms with E-state index in [0.29, 0.717) is 19.4 Å². The van der Waals surface area contributed by atoms with Gasteiger partial charge in [-0.25, -0.2) is 0 Å². The fraction of sp³-hybridized carbons (Fsp3) is 0.833. The summed E-state index contributed by atoms with van der Waals surface area (Å²) in [6, 6.07) is 8.43. The summed E-state index contributed by atoms with van der Waals surface area (Å²) in [5.41, 5.74) is 1.30. The smallest absolute Gasteiger partial charge is 0.306 e. The molecule has 54 heavy (non-hydrogen) atoms. The molecule has 314 valence electrons. The van der Waals surface area contributed by atoms with Crippen LogP contribution >= 0.6 is 0 Å². The third-order valence-corrected chi connectivity index (χ3v) is 10.8. The topological polar surface area (TPSA) is 65.1 Å². The number of rotatable bonds is 40. The molecule has 6 heteroatoms. The van der Waals surface area contributed by atoms with Crippen molar-refractivity contribution in [3.05, 3.63) is 29.8 Å². The Kier molecular flexibility index (Phi) is 35.0. The van der Waals surface area contributed by atoms with Crippen molar-refractivity contribution >= 4 is 11.9 Å². The highest BCUT2D eigenvalue weighted by atomic mass is 16.5.